The van der Waals surface area contributed by atoms with Crippen LogP contribution in [0.25, 0.3) is 11.1 Å². The lowest BCUT2D eigenvalue weighted by Gasteiger charge is -2.23. The topological polar surface area (TPSA) is 147 Å². The van der Waals surface area contributed by atoms with Gasteiger partial charge in [-0.2, -0.15) is 0 Å². The Kier molecular flexibility index (Phi) is 15.7. The van der Waals surface area contributed by atoms with Gasteiger partial charge in [-0.15, -0.1) is 0 Å². The van der Waals surface area contributed by atoms with E-state index >= 15 is 0 Å². The fourth-order valence-electron chi connectivity index (χ4n) is 5.84. The van der Waals surface area contributed by atoms with Gasteiger partial charge in [-0.1, -0.05) is 72.8 Å². The molecule has 0 bridgehead atoms. The number of carbonyl (C=O) groups excluding carboxylic acids is 2. The van der Waals surface area contributed by atoms with Gasteiger partial charge in [0.25, 0.3) is 0 Å². The molecule has 5 N–H and O–H groups in total. The quantitative estimate of drug-likeness (QED) is 0.0618. The van der Waals surface area contributed by atoms with Gasteiger partial charge in [0, 0.05) is 12.8 Å². The van der Waals surface area contributed by atoms with Gasteiger partial charge < -0.3 is 40.6 Å². The zero-order valence-electron chi connectivity index (χ0n) is 30.3. The van der Waals surface area contributed by atoms with Crippen LogP contribution in [0, 0.1) is 0 Å². The number of hydrogen-bond donors (Lipinski definition) is 5. The standard InChI is InChI=1S/C41H50N4O7/c1-42-21-11-16-34(43-2)39(46)45-36(41(49)50-4)25-33-23-31(18-20-38(33)52-27-29-14-9-6-10-15-29)30-17-19-37(51-26-28-12-7-5-8-13-28)32(22-30)24-35(44-3)40(47)48/h5-10,12-15,17-20,22-23,34-36,42-44H,11,16,21,24-27H2,1-4H3,(H,45,46)(H,47,48)/t34?,35-,36-/m0/s1. The van der Waals surface area contributed by atoms with Gasteiger partial charge in [-0.05, 0) is 98.2 Å². The molecular weight excluding hydrogens is 660 g/mol. The minimum Gasteiger partial charge on any atom is -0.489 e. The summed E-state index contributed by atoms with van der Waals surface area (Å²) in [5, 5.41) is 21.8. The van der Waals surface area contributed by atoms with Gasteiger partial charge in [0.15, 0.2) is 0 Å². The first kappa shape index (κ1) is 39.6. The SMILES string of the molecule is CNCCCC(NC)C(=O)N[C@@H](Cc1cc(-c2ccc(OCc3ccccc3)c(C[C@H](NC)C(=O)O)c2)ccc1OCc1ccccc1)C(=O)OC. The molecule has 0 aliphatic rings. The van der Waals surface area contributed by atoms with Crippen LogP contribution in [-0.2, 0) is 45.2 Å². The summed E-state index contributed by atoms with van der Waals surface area (Å²) >= 11 is 0. The molecule has 0 aromatic heterocycles. The third-order valence-corrected chi connectivity index (χ3v) is 8.81. The maximum Gasteiger partial charge on any atom is 0.328 e. The number of esters is 1. The van der Waals surface area contributed by atoms with E-state index < -0.39 is 30.1 Å². The summed E-state index contributed by atoms with van der Waals surface area (Å²) in [5.74, 6) is -0.710. The molecule has 0 radical (unpaired) electrons. The van der Waals surface area contributed by atoms with Crippen LogP contribution >= 0.6 is 0 Å². The van der Waals surface area contributed by atoms with E-state index in [1.165, 1.54) is 7.11 Å². The van der Waals surface area contributed by atoms with E-state index in [9.17, 15) is 19.5 Å². The van der Waals surface area contributed by atoms with Crippen molar-refractivity contribution < 1.29 is 33.7 Å². The van der Waals surface area contributed by atoms with Gasteiger partial charge in [-0.3, -0.25) is 9.59 Å². The second-order valence-electron chi connectivity index (χ2n) is 12.5. The molecule has 0 saturated heterocycles. The van der Waals surface area contributed by atoms with E-state index in [4.69, 9.17) is 14.2 Å². The van der Waals surface area contributed by atoms with Crippen LogP contribution in [0.2, 0.25) is 0 Å². The highest BCUT2D eigenvalue weighted by molar-refractivity contribution is 5.88. The number of aliphatic carboxylic acids is 1. The summed E-state index contributed by atoms with van der Waals surface area (Å²) in [7, 11) is 6.49. The highest BCUT2D eigenvalue weighted by atomic mass is 16.5. The summed E-state index contributed by atoms with van der Waals surface area (Å²) in [6.07, 6.45) is 1.65. The van der Waals surface area contributed by atoms with Crippen LogP contribution in [0.5, 0.6) is 11.5 Å². The minimum atomic E-state index is -0.983. The number of carboxylic acids is 1. The first-order chi connectivity index (χ1) is 25.3. The van der Waals surface area contributed by atoms with Crippen LogP contribution in [0.1, 0.15) is 35.1 Å². The Bertz CT molecular complexity index is 1740. The van der Waals surface area contributed by atoms with E-state index in [1.807, 2.05) is 104 Å². The van der Waals surface area contributed by atoms with Gasteiger partial charge in [0.05, 0.1) is 13.2 Å². The number of benzene rings is 4. The van der Waals surface area contributed by atoms with Crippen molar-refractivity contribution in [2.24, 2.45) is 0 Å². The molecule has 1 amide bonds. The van der Waals surface area contributed by atoms with Gasteiger partial charge in [-0.25, -0.2) is 4.79 Å². The Labute approximate surface area is 306 Å². The van der Waals surface area contributed by atoms with E-state index in [1.54, 1.807) is 14.1 Å². The molecule has 52 heavy (non-hydrogen) atoms. The summed E-state index contributed by atoms with van der Waals surface area (Å²) in [5.41, 5.74) is 4.99. The summed E-state index contributed by atoms with van der Waals surface area (Å²) in [6, 6.07) is 28.6. The molecule has 4 aromatic carbocycles. The van der Waals surface area contributed by atoms with E-state index in [0.717, 1.165) is 40.8 Å². The number of rotatable bonds is 21. The van der Waals surface area contributed by atoms with Crippen molar-refractivity contribution in [3.63, 3.8) is 0 Å². The predicted molar refractivity (Wildman–Crippen MR) is 201 cm³/mol. The van der Waals surface area contributed by atoms with E-state index in [0.29, 0.717) is 36.7 Å². The Morgan fingerprint density at radius 2 is 1.17 bits per heavy atom. The van der Waals surface area contributed by atoms with Crippen molar-refractivity contribution >= 4 is 17.8 Å². The van der Waals surface area contributed by atoms with Gasteiger partial charge >= 0.3 is 11.9 Å². The average molecular weight is 711 g/mol. The molecule has 0 aliphatic carbocycles. The van der Waals surface area contributed by atoms with Crippen LogP contribution in [0.15, 0.2) is 97.1 Å². The van der Waals surface area contributed by atoms with Crippen LogP contribution in [-0.4, -0.2) is 75.9 Å². The van der Waals surface area contributed by atoms with Crippen molar-refractivity contribution in [1.29, 1.82) is 0 Å². The Balaban J connectivity index is 1.70. The number of ether oxygens (including phenoxy) is 3. The maximum absolute atomic E-state index is 13.4. The van der Waals surface area contributed by atoms with Crippen molar-refractivity contribution in [2.75, 3.05) is 34.8 Å². The first-order valence-electron chi connectivity index (χ1n) is 17.5. The number of amides is 1. The minimum absolute atomic E-state index is 0.106. The molecule has 11 nitrogen and oxygen atoms in total. The Morgan fingerprint density at radius 3 is 1.62 bits per heavy atom. The Morgan fingerprint density at radius 1 is 0.673 bits per heavy atom. The lowest BCUT2D eigenvalue weighted by Crippen LogP contribution is -2.50. The highest BCUT2D eigenvalue weighted by Crippen LogP contribution is 2.32. The van der Waals surface area contributed by atoms with Gasteiger partial charge in [0.1, 0.15) is 36.8 Å². The normalized spacial score (nSPS) is 12.7. The lowest BCUT2D eigenvalue weighted by atomic mass is 9.95. The zero-order chi connectivity index (χ0) is 37.3. The highest BCUT2D eigenvalue weighted by Gasteiger charge is 2.27. The molecule has 276 valence electrons. The molecule has 0 aliphatic heterocycles. The van der Waals surface area contributed by atoms with Crippen molar-refractivity contribution in [3.8, 4) is 22.6 Å². The second-order valence-corrected chi connectivity index (χ2v) is 12.5. The number of carboxylic acid groups (broad SMARTS) is 1. The zero-order valence-corrected chi connectivity index (χ0v) is 30.3. The largest absolute Gasteiger partial charge is 0.489 e. The summed E-state index contributed by atoms with van der Waals surface area (Å²) < 4.78 is 17.6. The summed E-state index contributed by atoms with van der Waals surface area (Å²) in [6.45, 7) is 1.38. The van der Waals surface area contributed by atoms with Gasteiger partial charge in [0.2, 0.25) is 5.91 Å². The molecule has 0 saturated carbocycles. The molecule has 0 spiro atoms. The van der Waals surface area contributed by atoms with Crippen LogP contribution < -0.4 is 30.7 Å². The fourth-order valence-corrected chi connectivity index (χ4v) is 5.84. The number of hydrogen-bond acceptors (Lipinski definition) is 9. The molecule has 4 aromatic rings. The van der Waals surface area contributed by atoms with E-state index in [-0.39, 0.29) is 18.7 Å². The second kappa shape index (κ2) is 20.6. The average Bonchev–Trinajstić information content (AvgIpc) is 3.17. The van der Waals surface area contributed by atoms with Crippen LogP contribution in [0.4, 0.5) is 0 Å². The Hall–Kier alpha value is -5.23. The fraction of sp³-hybridized carbons (Fsp3) is 0.341. The smallest absolute Gasteiger partial charge is 0.328 e. The number of carbonyl (C=O) groups is 3. The third-order valence-electron chi connectivity index (χ3n) is 8.81. The van der Waals surface area contributed by atoms with Crippen molar-refractivity contribution in [2.45, 2.75) is 57.0 Å². The molecule has 1 unspecified atom stereocenters. The third kappa shape index (κ3) is 11.7. The first-order valence-corrected chi connectivity index (χ1v) is 17.5. The molecular formula is C41H50N4O7. The van der Waals surface area contributed by atoms with E-state index in [2.05, 4.69) is 21.3 Å². The van der Waals surface area contributed by atoms with Crippen molar-refractivity contribution in [1.82, 2.24) is 21.3 Å². The summed E-state index contributed by atoms with van der Waals surface area (Å²) in [4.78, 5) is 38.5. The van der Waals surface area contributed by atoms with Crippen LogP contribution in [0.3, 0.4) is 0 Å². The maximum atomic E-state index is 13.4. The number of methoxy groups -OCH3 is 1. The number of nitrogens with one attached hydrogen (secondary N) is 4. The predicted octanol–water partition coefficient (Wildman–Crippen LogP) is 4.51. The molecule has 0 fully saturated rings. The lowest BCUT2D eigenvalue weighted by molar-refractivity contribution is -0.145. The molecule has 11 heteroatoms. The molecule has 0 heterocycles. The molecule has 3 atom stereocenters. The molecule has 4 rings (SSSR count). The van der Waals surface area contributed by atoms with Crippen molar-refractivity contribution in [3.05, 3.63) is 119 Å². The monoisotopic (exact) mass is 710 g/mol. The number of likely N-dealkylation sites (N-methyl/N-ethyl adjacent to an activating group) is 2.